The molecule has 4 aliphatic heterocycles. The third-order valence-corrected chi connectivity index (χ3v) is 15.3. The van der Waals surface area contributed by atoms with E-state index in [2.05, 4.69) is 46.2 Å². The number of hydrogen-bond donors (Lipinski definition) is 4. The van der Waals surface area contributed by atoms with Crippen molar-refractivity contribution in [3.63, 3.8) is 0 Å². The van der Waals surface area contributed by atoms with Crippen LogP contribution in [0, 0.1) is 11.8 Å². The molecule has 3 fully saturated rings. The number of likely N-dealkylation sites (tertiary alicyclic amines) is 1. The zero-order valence-electron chi connectivity index (χ0n) is 44.5. The molecule has 0 bridgehead atoms. The van der Waals surface area contributed by atoms with Gasteiger partial charge < -0.3 is 54.8 Å². The summed E-state index contributed by atoms with van der Waals surface area (Å²) in [6.45, 7) is 9.01. The monoisotopic (exact) mass is 1090 g/mol. The fourth-order valence-corrected chi connectivity index (χ4v) is 11.0. The molecule has 0 spiro atoms. The van der Waals surface area contributed by atoms with Gasteiger partial charge in [-0.15, -0.1) is 10.2 Å². The first-order valence-electron chi connectivity index (χ1n) is 26.6. The van der Waals surface area contributed by atoms with Crippen LogP contribution in [-0.4, -0.2) is 167 Å². The number of methoxy groups -OCH3 is 1. The summed E-state index contributed by atoms with van der Waals surface area (Å²) in [4.78, 5) is 62.4. The second-order valence-electron chi connectivity index (χ2n) is 20.4. The van der Waals surface area contributed by atoms with Gasteiger partial charge in [0.05, 0.1) is 42.4 Å². The van der Waals surface area contributed by atoms with Crippen LogP contribution in [0.1, 0.15) is 59.1 Å². The zero-order valence-corrected chi connectivity index (χ0v) is 44.5. The molecule has 0 unspecified atom stereocenters. The number of para-hydroxylation sites is 1. The number of aromatic hydroxyl groups is 2. The maximum atomic E-state index is 13.9. The molecule has 10 rings (SSSR count). The lowest BCUT2D eigenvalue weighted by Gasteiger charge is -2.40. The van der Waals surface area contributed by atoms with Crippen molar-refractivity contribution in [1.82, 2.24) is 44.7 Å². The number of phenols is 2. The van der Waals surface area contributed by atoms with Crippen molar-refractivity contribution in [2.24, 2.45) is 11.8 Å². The molecule has 23 heteroatoms. The Morgan fingerprint density at radius 2 is 1.48 bits per heavy atom. The minimum atomic E-state index is -4.66. The van der Waals surface area contributed by atoms with Gasteiger partial charge in [-0.25, -0.2) is 4.98 Å². The van der Waals surface area contributed by atoms with Crippen molar-refractivity contribution in [3.8, 4) is 40.1 Å². The summed E-state index contributed by atoms with van der Waals surface area (Å²) in [7, 11) is 4.93. The van der Waals surface area contributed by atoms with Crippen LogP contribution in [-0.2, 0) is 11.3 Å². The number of halogens is 3. The molecule has 79 heavy (non-hydrogen) atoms. The number of benzene rings is 4. The highest BCUT2D eigenvalue weighted by atomic mass is 19.4. The Labute approximate surface area is 455 Å². The summed E-state index contributed by atoms with van der Waals surface area (Å²) in [5.41, 5.74) is 5.05. The molecule has 416 valence electrons. The van der Waals surface area contributed by atoms with Gasteiger partial charge in [0.1, 0.15) is 23.7 Å². The van der Waals surface area contributed by atoms with Gasteiger partial charge in [-0.3, -0.25) is 23.9 Å². The van der Waals surface area contributed by atoms with Crippen molar-refractivity contribution in [3.05, 3.63) is 102 Å². The molecule has 0 atom stereocenters. The van der Waals surface area contributed by atoms with E-state index in [9.17, 15) is 37.8 Å². The molecule has 6 heterocycles. The quantitative estimate of drug-likeness (QED) is 0.0801. The molecule has 20 nitrogen and oxygen atoms in total. The summed E-state index contributed by atoms with van der Waals surface area (Å²) < 4.78 is 51.7. The lowest BCUT2D eigenvalue weighted by molar-refractivity contribution is -0.137. The highest BCUT2D eigenvalue weighted by Gasteiger charge is 2.34. The van der Waals surface area contributed by atoms with Gasteiger partial charge in [-0.1, -0.05) is 24.3 Å². The maximum Gasteiger partial charge on any atom is 0.405 e. The number of piperidine rings is 2. The van der Waals surface area contributed by atoms with Crippen molar-refractivity contribution < 1.29 is 47.2 Å². The number of phenolic OH excluding ortho intramolecular Hbond substituents is 2. The van der Waals surface area contributed by atoms with Gasteiger partial charge >= 0.3 is 6.18 Å². The molecule has 4 aromatic carbocycles. The van der Waals surface area contributed by atoms with Gasteiger partial charge in [-0.05, 0) is 86.6 Å². The van der Waals surface area contributed by atoms with Crippen LogP contribution in [0.15, 0.2) is 85.1 Å². The molecule has 2 aromatic heterocycles. The standard InChI is InChI=1S/C56H64F3N13O7/c1-5-79-47-28-39(14-15-42(47)62-55-60-31-44-50(63-55)66(2)43-9-7-6-8-40(43)54(77)67(44)3)70-22-18-37(19-23-70)53(76)71-20-16-36(17-21-71)33-69-26-24-68(25-27-69)32-35-10-12-38(13-11-35)72-49(41-29-48(78-4)46(74)30-45(41)73)64-65-51(72)52(75)61-34-56(57,58)59/h6-15,28-31,36-37,73-74H,5,16-27,32-34H2,1-4H3,(H,61,75)(H,60,62,63). The number of piperazine rings is 1. The van der Waals surface area contributed by atoms with Gasteiger partial charge in [0.15, 0.2) is 23.1 Å². The molecular formula is C56H64F3N13O7. The summed E-state index contributed by atoms with van der Waals surface area (Å²) in [5.74, 6) is -0.125. The van der Waals surface area contributed by atoms with E-state index in [0.29, 0.717) is 59.2 Å². The summed E-state index contributed by atoms with van der Waals surface area (Å²) in [6, 6.07) is 23.0. The number of rotatable bonds is 15. The van der Waals surface area contributed by atoms with E-state index in [4.69, 9.17) is 14.5 Å². The van der Waals surface area contributed by atoms with E-state index in [0.717, 1.165) is 108 Å². The van der Waals surface area contributed by atoms with E-state index in [1.54, 1.807) is 30.3 Å². The number of nitrogens with zero attached hydrogens (tertiary/aromatic N) is 11. The van der Waals surface area contributed by atoms with E-state index in [-0.39, 0.29) is 40.6 Å². The number of anilines is 6. The molecule has 4 aliphatic rings. The minimum Gasteiger partial charge on any atom is -0.507 e. The van der Waals surface area contributed by atoms with Crippen molar-refractivity contribution in [1.29, 1.82) is 0 Å². The highest BCUT2D eigenvalue weighted by molar-refractivity contribution is 6.13. The molecule has 3 amide bonds. The van der Waals surface area contributed by atoms with E-state index >= 15 is 0 Å². The van der Waals surface area contributed by atoms with Crippen LogP contribution in [0.3, 0.4) is 0 Å². The number of fused-ring (bicyclic) bond motifs is 2. The van der Waals surface area contributed by atoms with Crippen LogP contribution in [0.5, 0.6) is 23.0 Å². The third-order valence-electron chi connectivity index (χ3n) is 15.3. The van der Waals surface area contributed by atoms with Crippen LogP contribution < -0.4 is 34.8 Å². The predicted molar refractivity (Wildman–Crippen MR) is 291 cm³/mol. The lowest BCUT2D eigenvalue weighted by Crippen LogP contribution is -2.49. The van der Waals surface area contributed by atoms with Crippen molar-refractivity contribution >= 4 is 52.2 Å². The van der Waals surface area contributed by atoms with Gasteiger partial charge in [-0.2, -0.15) is 18.2 Å². The van der Waals surface area contributed by atoms with Gasteiger partial charge in [0.25, 0.3) is 11.8 Å². The Bertz CT molecular complexity index is 3190. The largest absolute Gasteiger partial charge is 0.507 e. The Hall–Kier alpha value is -8.18. The van der Waals surface area contributed by atoms with E-state index in [1.807, 2.05) is 72.7 Å². The van der Waals surface area contributed by atoms with Crippen LogP contribution in [0.25, 0.3) is 17.1 Å². The Morgan fingerprint density at radius 3 is 2.19 bits per heavy atom. The number of carbonyl (C=O) groups excluding carboxylic acids is 3. The fraction of sp³-hybridized carbons (Fsp3) is 0.411. The van der Waals surface area contributed by atoms with Crippen molar-refractivity contribution in [2.75, 3.05) is 113 Å². The Morgan fingerprint density at radius 1 is 0.772 bits per heavy atom. The number of alkyl halides is 3. The summed E-state index contributed by atoms with van der Waals surface area (Å²) >= 11 is 0. The minimum absolute atomic E-state index is 0.00109. The number of nitrogens with one attached hydrogen (secondary N) is 2. The van der Waals surface area contributed by atoms with Crippen LogP contribution >= 0.6 is 0 Å². The lowest BCUT2D eigenvalue weighted by atomic mass is 9.91. The smallest absolute Gasteiger partial charge is 0.405 e. The normalized spacial score (nSPS) is 16.8. The molecule has 0 aliphatic carbocycles. The maximum absolute atomic E-state index is 13.9. The Balaban J connectivity index is 0.685. The number of carbonyl (C=O) groups is 3. The SMILES string of the molecule is CCOc1cc(N2CCC(C(=O)N3CCC(CN4CCN(Cc5ccc(-n6c(C(=O)NCC(F)(F)F)nnc6-c6cc(OC)c(O)cc6O)cc5)CC4)CC3)CC2)ccc1Nc1ncc2c(n1)N(C)c1ccccc1C(=O)N2C. The Kier molecular flexibility index (Phi) is 15.8. The first-order chi connectivity index (χ1) is 38.0. The predicted octanol–water partition coefficient (Wildman–Crippen LogP) is 7.21. The zero-order chi connectivity index (χ0) is 55.5. The average Bonchev–Trinajstić information content (AvgIpc) is 4.05. The summed E-state index contributed by atoms with van der Waals surface area (Å²) in [5, 5.41) is 34.1. The van der Waals surface area contributed by atoms with Crippen molar-refractivity contribution in [2.45, 2.75) is 45.3 Å². The number of aromatic nitrogens is 5. The molecule has 3 saturated heterocycles. The van der Waals surface area contributed by atoms with Crippen LogP contribution in [0.4, 0.5) is 47.7 Å². The topological polar surface area (TPSA) is 210 Å². The van der Waals surface area contributed by atoms with E-state index < -0.39 is 30.2 Å². The summed E-state index contributed by atoms with van der Waals surface area (Å²) in [6.07, 6.45) is 0.475. The van der Waals surface area contributed by atoms with E-state index in [1.165, 1.54) is 17.7 Å². The highest BCUT2D eigenvalue weighted by Crippen LogP contribution is 2.41. The van der Waals surface area contributed by atoms with Gasteiger partial charge in [0.2, 0.25) is 17.7 Å². The second kappa shape index (κ2) is 23.0. The second-order valence-corrected chi connectivity index (χ2v) is 20.4. The first kappa shape index (κ1) is 54.2. The average molecular weight is 1090 g/mol. The molecule has 6 aromatic rings. The van der Waals surface area contributed by atoms with Crippen LogP contribution in [0.2, 0.25) is 0 Å². The number of amides is 3. The molecule has 0 radical (unpaired) electrons. The third kappa shape index (κ3) is 11.8. The number of hydrogen-bond acceptors (Lipinski definition) is 16. The first-order valence-corrected chi connectivity index (χ1v) is 26.6. The fourth-order valence-electron chi connectivity index (χ4n) is 11.0. The number of ether oxygens (including phenoxy) is 2. The molecule has 0 saturated carbocycles. The van der Waals surface area contributed by atoms with Gasteiger partial charge in [0, 0.05) is 109 Å². The molecular weight excluding hydrogens is 1020 g/mol. The molecule has 4 N–H and O–H groups in total.